The molecule has 2 fully saturated rings. The van der Waals surface area contributed by atoms with Crippen molar-refractivity contribution in [3.8, 4) is 0 Å². The summed E-state index contributed by atoms with van der Waals surface area (Å²) >= 11 is 0. The van der Waals surface area contributed by atoms with E-state index in [0.29, 0.717) is 25.5 Å². The van der Waals surface area contributed by atoms with Crippen molar-refractivity contribution in [2.75, 3.05) is 46.4 Å². The second-order valence-electron chi connectivity index (χ2n) is 6.35. The first-order valence-electron chi connectivity index (χ1n) is 8.30. The van der Waals surface area contributed by atoms with Crippen LogP contribution < -0.4 is 10.6 Å². The number of rotatable bonds is 8. The number of aliphatic imine (C=N–C) groups is 1. The van der Waals surface area contributed by atoms with E-state index in [1.54, 1.807) is 7.05 Å². The van der Waals surface area contributed by atoms with Gasteiger partial charge in [-0.05, 0) is 31.6 Å². The third-order valence-corrected chi connectivity index (χ3v) is 4.05. The van der Waals surface area contributed by atoms with Crippen LogP contribution in [0.4, 0.5) is 13.2 Å². The van der Waals surface area contributed by atoms with E-state index in [0.717, 1.165) is 32.1 Å². The van der Waals surface area contributed by atoms with Gasteiger partial charge in [-0.15, -0.1) is 24.0 Å². The van der Waals surface area contributed by atoms with Crippen LogP contribution in [-0.2, 0) is 4.74 Å². The highest BCUT2D eigenvalue weighted by atomic mass is 127. The number of nitrogens with zero attached hydrogens (tertiary/aromatic N) is 2. The maximum Gasteiger partial charge on any atom is 0.401 e. The van der Waals surface area contributed by atoms with Crippen LogP contribution in [-0.4, -0.2) is 69.5 Å². The van der Waals surface area contributed by atoms with Crippen molar-refractivity contribution >= 4 is 29.9 Å². The van der Waals surface area contributed by atoms with Gasteiger partial charge in [-0.25, -0.2) is 0 Å². The van der Waals surface area contributed by atoms with Crippen molar-refractivity contribution < 1.29 is 17.9 Å². The fourth-order valence-electron chi connectivity index (χ4n) is 2.65. The summed E-state index contributed by atoms with van der Waals surface area (Å²) < 4.78 is 42.7. The van der Waals surface area contributed by atoms with Crippen molar-refractivity contribution in [1.82, 2.24) is 15.5 Å². The fraction of sp³-hybridized carbons (Fsp3) is 0.933. The molecule has 0 aromatic rings. The summed E-state index contributed by atoms with van der Waals surface area (Å²) in [4.78, 5) is 5.55. The topological polar surface area (TPSA) is 48.9 Å². The van der Waals surface area contributed by atoms with Crippen LogP contribution in [0.3, 0.4) is 0 Å². The molecule has 0 bridgehead atoms. The zero-order valence-electron chi connectivity index (χ0n) is 14.1. The Bertz CT molecular complexity index is 391. The molecular formula is C15H28F3IN4O. The molecule has 1 saturated carbocycles. The minimum atomic E-state index is -4.13. The minimum absolute atomic E-state index is 0. The number of guanidine groups is 1. The normalized spacial score (nSPS) is 22.3. The molecule has 24 heavy (non-hydrogen) atoms. The lowest BCUT2D eigenvalue weighted by atomic mass is 10.3. The van der Waals surface area contributed by atoms with Crippen LogP contribution in [0, 0.1) is 5.92 Å². The molecule has 5 nitrogen and oxygen atoms in total. The molecule has 1 atom stereocenters. The monoisotopic (exact) mass is 464 g/mol. The number of nitrogens with one attached hydrogen (secondary N) is 2. The van der Waals surface area contributed by atoms with Gasteiger partial charge in [0.1, 0.15) is 0 Å². The van der Waals surface area contributed by atoms with Gasteiger partial charge in [0.05, 0.1) is 6.54 Å². The van der Waals surface area contributed by atoms with Gasteiger partial charge in [0.25, 0.3) is 0 Å². The molecule has 1 heterocycles. The van der Waals surface area contributed by atoms with Crippen LogP contribution in [0.2, 0.25) is 0 Å². The van der Waals surface area contributed by atoms with E-state index in [-0.39, 0.29) is 30.0 Å². The highest BCUT2D eigenvalue weighted by Crippen LogP contribution is 2.28. The van der Waals surface area contributed by atoms with E-state index in [4.69, 9.17) is 4.74 Å². The molecule has 0 aromatic heterocycles. The molecule has 1 unspecified atom stereocenters. The highest BCUT2D eigenvalue weighted by Gasteiger charge is 2.34. The van der Waals surface area contributed by atoms with Gasteiger partial charge < -0.3 is 15.4 Å². The van der Waals surface area contributed by atoms with E-state index < -0.39 is 12.7 Å². The minimum Gasteiger partial charge on any atom is -0.381 e. The van der Waals surface area contributed by atoms with Gasteiger partial charge >= 0.3 is 6.18 Å². The Labute approximate surface area is 158 Å². The van der Waals surface area contributed by atoms with Gasteiger partial charge in [-0.3, -0.25) is 9.89 Å². The summed E-state index contributed by atoms with van der Waals surface area (Å²) in [5.41, 5.74) is 0. The largest absolute Gasteiger partial charge is 0.401 e. The molecule has 0 amide bonds. The number of alkyl halides is 3. The summed E-state index contributed by atoms with van der Waals surface area (Å²) in [6, 6.07) is 0.00895. The highest BCUT2D eigenvalue weighted by molar-refractivity contribution is 14.0. The molecule has 1 aliphatic carbocycles. The van der Waals surface area contributed by atoms with Crippen LogP contribution in [0.15, 0.2) is 4.99 Å². The summed E-state index contributed by atoms with van der Waals surface area (Å²) in [6.45, 7) is 2.35. The Morgan fingerprint density at radius 2 is 2.04 bits per heavy atom. The van der Waals surface area contributed by atoms with Crippen molar-refractivity contribution in [3.05, 3.63) is 0 Å². The van der Waals surface area contributed by atoms with Gasteiger partial charge in [0.15, 0.2) is 5.96 Å². The van der Waals surface area contributed by atoms with Gasteiger partial charge in [0, 0.05) is 45.9 Å². The Hall–Kier alpha value is -0.290. The number of hydrogen-bond acceptors (Lipinski definition) is 3. The molecule has 2 aliphatic rings. The zero-order valence-corrected chi connectivity index (χ0v) is 16.4. The number of ether oxygens (including phenoxy) is 1. The SMILES string of the molecule is CN=C(NCCCOCC1CC1)NC1CCN(CC(F)(F)F)C1.I. The van der Waals surface area contributed by atoms with Crippen LogP contribution >= 0.6 is 24.0 Å². The zero-order chi connectivity index (χ0) is 16.7. The molecule has 0 aromatic carbocycles. The van der Waals surface area contributed by atoms with E-state index in [2.05, 4.69) is 15.6 Å². The maximum absolute atomic E-state index is 12.4. The summed E-state index contributed by atoms with van der Waals surface area (Å²) in [6.07, 6.45) is 0.0396. The lowest BCUT2D eigenvalue weighted by Gasteiger charge is -2.19. The first-order chi connectivity index (χ1) is 11.0. The molecule has 1 saturated heterocycles. The van der Waals surface area contributed by atoms with Gasteiger partial charge in [0.2, 0.25) is 0 Å². The molecule has 1 aliphatic heterocycles. The van der Waals surface area contributed by atoms with E-state index in [1.165, 1.54) is 17.7 Å². The molecule has 0 radical (unpaired) electrons. The molecule has 0 spiro atoms. The van der Waals surface area contributed by atoms with Crippen molar-refractivity contribution in [2.45, 2.75) is 37.9 Å². The average Bonchev–Trinajstić information content (AvgIpc) is 3.20. The Morgan fingerprint density at radius 3 is 2.67 bits per heavy atom. The van der Waals surface area contributed by atoms with Crippen molar-refractivity contribution in [1.29, 1.82) is 0 Å². The summed E-state index contributed by atoms with van der Waals surface area (Å²) in [7, 11) is 1.67. The predicted molar refractivity (Wildman–Crippen MR) is 99.0 cm³/mol. The smallest absolute Gasteiger partial charge is 0.381 e. The molecule has 2 N–H and O–H groups in total. The van der Waals surface area contributed by atoms with Crippen molar-refractivity contribution in [3.63, 3.8) is 0 Å². The van der Waals surface area contributed by atoms with Crippen LogP contribution in [0.25, 0.3) is 0 Å². The lowest BCUT2D eigenvalue weighted by Crippen LogP contribution is -2.45. The third kappa shape index (κ3) is 9.26. The quantitative estimate of drug-likeness (QED) is 0.251. The van der Waals surface area contributed by atoms with Crippen LogP contribution in [0.1, 0.15) is 25.7 Å². The average molecular weight is 464 g/mol. The standard InChI is InChI=1S/C15H27F3N4O.HI/c1-19-14(20-6-2-8-23-10-12-3-4-12)21-13-5-7-22(9-13)11-15(16,17)18;/h12-13H,2-11H2,1H3,(H2,19,20,21);1H. The molecule has 142 valence electrons. The van der Waals surface area contributed by atoms with E-state index in [9.17, 15) is 13.2 Å². The molecule has 2 rings (SSSR count). The number of halogens is 4. The Balaban J connectivity index is 0.00000288. The summed E-state index contributed by atoms with van der Waals surface area (Å²) in [5.74, 6) is 1.42. The van der Waals surface area contributed by atoms with E-state index >= 15 is 0 Å². The first kappa shape index (κ1) is 21.8. The third-order valence-electron chi connectivity index (χ3n) is 4.05. The molecular weight excluding hydrogens is 436 g/mol. The number of hydrogen-bond donors (Lipinski definition) is 2. The predicted octanol–water partition coefficient (Wildman–Crippen LogP) is 2.22. The van der Waals surface area contributed by atoms with Gasteiger partial charge in [-0.2, -0.15) is 13.2 Å². The second kappa shape index (κ2) is 10.6. The Kier molecular flexibility index (Phi) is 9.65. The van der Waals surface area contributed by atoms with E-state index in [1.807, 2.05) is 0 Å². The first-order valence-corrected chi connectivity index (χ1v) is 8.30. The fourth-order valence-corrected chi connectivity index (χ4v) is 2.65. The van der Waals surface area contributed by atoms with Gasteiger partial charge in [-0.1, -0.05) is 0 Å². The second-order valence-corrected chi connectivity index (χ2v) is 6.35. The summed E-state index contributed by atoms with van der Waals surface area (Å²) in [5, 5.41) is 6.37. The molecule has 9 heteroatoms. The van der Waals surface area contributed by atoms with Crippen LogP contribution in [0.5, 0.6) is 0 Å². The van der Waals surface area contributed by atoms with Crippen molar-refractivity contribution in [2.24, 2.45) is 10.9 Å². The number of likely N-dealkylation sites (tertiary alicyclic amines) is 1. The Morgan fingerprint density at radius 1 is 1.29 bits per heavy atom. The maximum atomic E-state index is 12.4. The lowest BCUT2D eigenvalue weighted by molar-refractivity contribution is -0.143.